The summed E-state index contributed by atoms with van der Waals surface area (Å²) in [6.07, 6.45) is 1.31. The van der Waals surface area contributed by atoms with E-state index >= 15 is 0 Å². The van der Waals surface area contributed by atoms with Crippen LogP contribution in [-0.4, -0.2) is 41.5 Å². The number of carbonyl (C=O) groups is 3. The van der Waals surface area contributed by atoms with E-state index in [-0.39, 0.29) is 42.5 Å². The lowest BCUT2D eigenvalue weighted by atomic mass is 9.85. The third-order valence-electron chi connectivity index (χ3n) is 2.73. The number of carboxylic acid groups (broad SMARTS) is 1. The summed E-state index contributed by atoms with van der Waals surface area (Å²) >= 11 is 0. The van der Waals surface area contributed by atoms with E-state index in [0.717, 1.165) is 0 Å². The first-order chi connectivity index (χ1) is 10.6. The number of carboxylic acids is 1. The monoisotopic (exact) mass is 330 g/mol. The number of ketones is 1. The average Bonchev–Trinajstić information content (AvgIpc) is 2.41. The Labute approximate surface area is 135 Å². The molecule has 0 bridgehead atoms. The Morgan fingerprint density at radius 1 is 1.13 bits per heavy atom. The van der Waals surface area contributed by atoms with Gasteiger partial charge in [-0.05, 0) is 24.8 Å². The molecular weight excluding hydrogens is 304 g/mol. The van der Waals surface area contributed by atoms with E-state index in [9.17, 15) is 14.4 Å². The van der Waals surface area contributed by atoms with Gasteiger partial charge in [0.1, 0.15) is 0 Å². The minimum absolute atomic E-state index is 0.0623. The zero-order valence-corrected chi connectivity index (χ0v) is 13.9. The van der Waals surface area contributed by atoms with Crippen molar-refractivity contribution in [2.24, 2.45) is 11.1 Å². The Hall–Kier alpha value is -2.05. The van der Waals surface area contributed by atoms with Crippen LogP contribution in [0, 0.1) is 5.41 Å². The molecular formula is C15H26N2O6. The maximum atomic E-state index is 12.0. The van der Waals surface area contributed by atoms with Crippen molar-refractivity contribution in [1.29, 1.82) is 0 Å². The third-order valence-corrected chi connectivity index (χ3v) is 2.73. The van der Waals surface area contributed by atoms with Gasteiger partial charge in [0.2, 0.25) is 5.91 Å². The van der Waals surface area contributed by atoms with Crippen LogP contribution in [-0.2, 0) is 24.0 Å². The Balaban J connectivity index is 0. The molecule has 0 saturated carbocycles. The molecule has 4 N–H and O–H groups in total. The van der Waals surface area contributed by atoms with Crippen molar-refractivity contribution in [2.75, 3.05) is 6.54 Å². The number of carbonyl (C=O) groups excluding carboxylic acids is 4. The molecule has 0 aliphatic carbocycles. The number of rotatable bonds is 9. The largest absolute Gasteiger partial charge is 0.481 e. The number of nitrogens with two attached hydrogens (primary N) is 1. The lowest BCUT2D eigenvalue weighted by Gasteiger charge is -2.26. The molecule has 0 aliphatic heterocycles. The smallest absolute Gasteiger partial charge is 0.373 e. The molecule has 8 heteroatoms. The van der Waals surface area contributed by atoms with Gasteiger partial charge in [-0.15, -0.1) is 0 Å². The normalized spacial score (nSPS) is 11.5. The molecule has 0 aromatic carbocycles. The first-order valence-electron chi connectivity index (χ1n) is 7.30. The summed E-state index contributed by atoms with van der Waals surface area (Å²) in [4.78, 5) is 50.5. The van der Waals surface area contributed by atoms with Crippen molar-refractivity contribution in [3.8, 4) is 0 Å². The molecule has 0 heterocycles. The van der Waals surface area contributed by atoms with Crippen molar-refractivity contribution in [2.45, 2.75) is 58.9 Å². The summed E-state index contributed by atoms with van der Waals surface area (Å²) in [5.74, 6) is -1.46. The molecule has 0 saturated heterocycles. The topological polar surface area (TPSA) is 144 Å². The molecule has 0 aromatic heterocycles. The molecule has 23 heavy (non-hydrogen) atoms. The maximum absolute atomic E-state index is 12.0. The van der Waals surface area contributed by atoms with Crippen LogP contribution in [0.2, 0.25) is 0 Å². The Morgan fingerprint density at radius 2 is 1.65 bits per heavy atom. The van der Waals surface area contributed by atoms with E-state index in [1.165, 1.54) is 0 Å². The first-order valence-corrected chi connectivity index (χ1v) is 7.30. The quantitative estimate of drug-likeness (QED) is 0.558. The molecule has 0 aliphatic rings. The Morgan fingerprint density at radius 3 is 2.04 bits per heavy atom. The summed E-state index contributed by atoms with van der Waals surface area (Å²) < 4.78 is 0. The maximum Gasteiger partial charge on any atom is 0.373 e. The fourth-order valence-corrected chi connectivity index (χ4v) is 1.79. The van der Waals surface area contributed by atoms with Gasteiger partial charge in [0, 0.05) is 12.8 Å². The van der Waals surface area contributed by atoms with E-state index in [1.54, 1.807) is 0 Å². The van der Waals surface area contributed by atoms with Crippen molar-refractivity contribution < 1.29 is 29.1 Å². The second kappa shape index (κ2) is 12.5. The summed E-state index contributed by atoms with van der Waals surface area (Å²) in [7, 11) is 0. The molecule has 0 aromatic rings. The van der Waals surface area contributed by atoms with Gasteiger partial charge >= 0.3 is 12.1 Å². The van der Waals surface area contributed by atoms with Crippen LogP contribution < -0.4 is 11.1 Å². The zero-order chi connectivity index (χ0) is 18.5. The molecule has 0 unspecified atom stereocenters. The van der Waals surface area contributed by atoms with Crippen LogP contribution in [0.1, 0.15) is 52.9 Å². The van der Waals surface area contributed by atoms with Crippen LogP contribution >= 0.6 is 0 Å². The predicted molar refractivity (Wildman–Crippen MR) is 81.2 cm³/mol. The van der Waals surface area contributed by atoms with Gasteiger partial charge in [-0.1, -0.05) is 20.8 Å². The SMILES string of the molecule is CC(C)(C)C[C@H](NC(=O)CCCN)C(=O)CCC(=O)O.O=C=O. The first kappa shape index (κ1) is 23.2. The summed E-state index contributed by atoms with van der Waals surface area (Å²) in [6, 6.07) is -0.625. The van der Waals surface area contributed by atoms with E-state index in [4.69, 9.17) is 20.4 Å². The highest BCUT2D eigenvalue weighted by Crippen LogP contribution is 2.22. The molecule has 0 fully saturated rings. The zero-order valence-electron chi connectivity index (χ0n) is 13.9. The van der Waals surface area contributed by atoms with Crippen LogP contribution in [0.25, 0.3) is 0 Å². The van der Waals surface area contributed by atoms with Crippen molar-refractivity contribution in [3.63, 3.8) is 0 Å². The summed E-state index contributed by atoms with van der Waals surface area (Å²) in [5.41, 5.74) is 5.20. The number of aliphatic carboxylic acids is 1. The van der Waals surface area contributed by atoms with E-state index in [2.05, 4.69) is 5.32 Å². The van der Waals surface area contributed by atoms with Crippen LogP contribution in [0.3, 0.4) is 0 Å². The van der Waals surface area contributed by atoms with Gasteiger partial charge in [-0.25, -0.2) is 0 Å². The molecule has 0 spiro atoms. The van der Waals surface area contributed by atoms with E-state index < -0.39 is 12.0 Å². The summed E-state index contributed by atoms with van der Waals surface area (Å²) in [6.45, 7) is 6.33. The minimum atomic E-state index is -1.01. The molecule has 1 atom stereocenters. The summed E-state index contributed by atoms with van der Waals surface area (Å²) in [5, 5.41) is 11.3. The number of Topliss-reactive ketones (excluding diaryl/α,β-unsaturated/α-hetero) is 1. The fraction of sp³-hybridized carbons (Fsp3) is 0.733. The van der Waals surface area contributed by atoms with Gasteiger partial charge in [0.05, 0.1) is 12.5 Å². The van der Waals surface area contributed by atoms with Gasteiger partial charge in [-0.2, -0.15) is 9.59 Å². The predicted octanol–water partition coefficient (Wildman–Crippen LogP) is 0.497. The standard InChI is InChI=1S/C14H26N2O4.CO2/c1-14(2,3)9-10(11(17)6-7-13(19)20)16-12(18)5-4-8-15;2-1-3/h10H,4-9,15H2,1-3H3,(H,16,18)(H,19,20);/t10-;/m0./s1. The second-order valence-corrected chi connectivity index (χ2v) is 6.22. The number of hydrogen-bond donors (Lipinski definition) is 3. The second-order valence-electron chi connectivity index (χ2n) is 6.22. The van der Waals surface area contributed by atoms with Crippen molar-refractivity contribution in [3.05, 3.63) is 0 Å². The van der Waals surface area contributed by atoms with Gasteiger partial charge < -0.3 is 16.2 Å². The van der Waals surface area contributed by atoms with Crippen LogP contribution in [0.15, 0.2) is 0 Å². The van der Waals surface area contributed by atoms with Gasteiger partial charge in [-0.3, -0.25) is 14.4 Å². The molecule has 8 nitrogen and oxygen atoms in total. The Bertz CT molecular complexity index is 422. The lowest BCUT2D eigenvalue weighted by molar-refractivity contribution is -0.191. The molecule has 1 amide bonds. The molecule has 132 valence electrons. The number of nitrogens with one attached hydrogen (secondary N) is 1. The number of hydrogen-bond acceptors (Lipinski definition) is 6. The highest BCUT2D eigenvalue weighted by atomic mass is 16.4. The third kappa shape index (κ3) is 16.2. The number of amides is 1. The van der Waals surface area contributed by atoms with E-state index in [0.29, 0.717) is 19.4 Å². The van der Waals surface area contributed by atoms with Crippen molar-refractivity contribution >= 4 is 23.8 Å². The highest BCUT2D eigenvalue weighted by molar-refractivity contribution is 5.90. The Kier molecular flexibility index (Phi) is 12.6. The molecule has 0 rings (SSSR count). The molecule has 0 radical (unpaired) electrons. The van der Waals surface area contributed by atoms with Gasteiger partial charge in [0.15, 0.2) is 5.78 Å². The van der Waals surface area contributed by atoms with Gasteiger partial charge in [0.25, 0.3) is 0 Å². The lowest BCUT2D eigenvalue weighted by Crippen LogP contribution is -2.43. The van der Waals surface area contributed by atoms with Crippen LogP contribution in [0.4, 0.5) is 0 Å². The minimum Gasteiger partial charge on any atom is -0.481 e. The average molecular weight is 330 g/mol. The van der Waals surface area contributed by atoms with Crippen molar-refractivity contribution in [1.82, 2.24) is 5.32 Å². The highest BCUT2D eigenvalue weighted by Gasteiger charge is 2.26. The van der Waals surface area contributed by atoms with Crippen LogP contribution in [0.5, 0.6) is 0 Å². The fourth-order valence-electron chi connectivity index (χ4n) is 1.79. The van der Waals surface area contributed by atoms with E-state index in [1.807, 2.05) is 20.8 Å².